The summed E-state index contributed by atoms with van der Waals surface area (Å²) in [5.41, 5.74) is -0.555. The van der Waals surface area contributed by atoms with Gasteiger partial charge in [-0.3, -0.25) is 0 Å². The molecule has 96 valence electrons. The van der Waals surface area contributed by atoms with E-state index in [1.54, 1.807) is 6.07 Å². The summed E-state index contributed by atoms with van der Waals surface area (Å²) in [4.78, 5) is 0. The second-order valence-electron chi connectivity index (χ2n) is 3.98. The van der Waals surface area contributed by atoms with Gasteiger partial charge in [0.15, 0.2) is 0 Å². The van der Waals surface area contributed by atoms with Crippen LogP contribution in [0, 0.1) is 0 Å². The molecule has 0 bridgehead atoms. The topological polar surface area (TPSA) is 9.23 Å². The van der Waals surface area contributed by atoms with Crippen molar-refractivity contribution in [2.24, 2.45) is 0 Å². The second kappa shape index (κ2) is 5.22. The minimum absolute atomic E-state index is 0.506. The lowest BCUT2D eigenvalue weighted by molar-refractivity contribution is -0.137. The molecule has 0 heterocycles. The molecule has 0 saturated heterocycles. The summed E-state index contributed by atoms with van der Waals surface area (Å²) in [5, 5.41) is 0. The van der Waals surface area contributed by atoms with E-state index >= 15 is 0 Å². The van der Waals surface area contributed by atoms with Gasteiger partial charge in [0, 0.05) is 0 Å². The van der Waals surface area contributed by atoms with Crippen molar-refractivity contribution in [2.45, 2.75) is 38.5 Å². The SMILES string of the molecule is CCC(CC)(O[SiH3])c1cccc(C(F)(F)F)c1. The molecule has 17 heavy (non-hydrogen) atoms. The molecule has 1 rings (SSSR count). The number of benzene rings is 1. The summed E-state index contributed by atoms with van der Waals surface area (Å²) in [6, 6.07) is 5.44. The van der Waals surface area contributed by atoms with Crippen molar-refractivity contribution in [3.63, 3.8) is 0 Å². The van der Waals surface area contributed by atoms with Crippen LogP contribution in [0.5, 0.6) is 0 Å². The third kappa shape index (κ3) is 2.90. The first-order valence-electron chi connectivity index (χ1n) is 5.62. The van der Waals surface area contributed by atoms with Crippen LogP contribution < -0.4 is 0 Å². The first-order valence-corrected chi connectivity index (χ1v) is 6.44. The average molecular weight is 262 g/mol. The molecule has 1 aromatic rings. The van der Waals surface area contributed by atoms with Crippen LogP contribution in [-0.2, 0) is 16.2 Å². The van der Waals surface area contributed by atoms with Gasteiger partial charge in [-0.05, 0) is 30.5 Å². The van der Waals surface area contributed by atoms with Gasteiger partial charge in [-0.1, -0.05) is 26.0 Å². The summed E-state index contributed by atoms with van der Waals surface area (Å²) in [7, 11) is 0.506. The Morgan fingerprint density at radius 2 is 1.65 bits per heavy atom. The molecule has 0 saturated carbocycles. The first-order chi connectivity index (χ1) is 7.89. The monoisotopic (exact) mass is 262 g/mol. The Morgan fingerprint density at radius 1 is 1.12 bits per heavy atom. The smallest absolute Gasteiger partial charge is 0.416 e. The van der Waals surface area contributed by atoms with Crippen LogP contribution in [0.1, 0.15) is 37.8 Å². The van der Waals surface area contributed by atoms with Gasteiger partial charge in [0.1, 0.15) is 10.5 Å². The Bertz CT molecular complexity index is 364. The van der Waals surface area contributed by atoms with E-state index in [9.17, 15) is 13.2 Å². The highest BCUT2D eigenvalue weighted by atomic mass is 28.2. The summed E-state index contributed by atoms with van der Waals surface area (Å²) in [5.74, 6) is 0. The number of hydrogen-bond acceptors (Lipinski definition) is 1. The van der Waals surface area contributed by atoms with Crippen LogP contribution in [0.15, 0.2) is 24.3 Å². The molecule has 0 aliphatic rings. The van der Waals surface area contributed by atoms with Crippen molar-refractivity contribution in [1.82, 2.24) is 0 Å². The lowest BCUT2D eigenvalue weighted by Crippen LogP contribution is -2.27. The van der Waals surface area contributed by atoms with Crippen molar-refractivity contribution in [2.75, 3.05) is 0 Å². The molecule has 0 aliphatic carbocycles. The molecule has 1 aromatic carbocycles. The van der Waals surface area contributed by atoms with Crippen LogP contribution in [0.25, 0.3) is 0 Å². The van der Waals surface area contributed by atoms with E-state index in [0.717, 1.165) is 6.07 Å². The van der Waals surface area contributed by atoms with Gasteiger partial charge in [0.05, 0.1) is 11.2 Å². The van der Waals surface area contributed by atoms with Gasteiger partial charge in [0.25, 0.3) is 0 Å². The lowest BCUT2D eigenvalue weighted by Gasteiger charge is -2.32. The maximum atomic E-state index is 12.6. The Balaban J connectivity index is 3.23. The van der Waals surface area contributed by atoms with Gasteiger partial charge in [-0.25, -0.2) is 0 Å². The maximum absolute atomic E-state index is 12.6. The van der Waals surface area contributed by atoms with E-state index in [0.29, 0.717) is 28.9 Å². The highest BCUT2D eigenvalue weighted by molar-refractivity contribution is 5.98. The molecule has 0 aliphatic heterocycles. The van der Waals surface area contributed by atoms with E-state index in [-0.39, 0.29) is 0 Å². The molecule has 5 heteroatoms. The summed E-state index contributed by atoms with van der Waals surface area (Å²) in [6.45, 7) is 3.86. The molecule has 0 spiro atoms. The van der Waals surface area contributed by atoms with E-state index in [2.05, 4.69) is 0 Å². The van der Waals surface area contributed by atoms with Gasteiger partial charge >= 0.3 is 6.18 Å². The summed E-state index contributed by atoms with van der Waals surface area (Å²) < 4.78 is 43.5. The highest BCUT2D eigenvalue weighted by Gasteiger charge is 2.33. The van der Waals surface area contributed by atoms with E-state index in [1.165, 1.54) is 12.1 Å². The summed E-state index contributed by atoms with van der Waals surface area (Å²) >= 11 is 0. The van der Waals surface area contributed by atoms with Gasteiger partial charge in [0.2, 0.25) is 0 Å². The second-order valence-corrected chi connectivity index (χ2v) is 4.39. The predicted molar refractivity (Wildman–Crippen MR) is 64.7 cm³/mol. The highest BCUT2D eigenvalue weighted by Crippen LogP contribution is 2.36. The van der Waals surface area contributed by atoms with Crippen molar-refractivity contribution in [3.8, 4) is 0 Å². The lowest BCUT2D eigenvalue weighted by atomic mass is 9.88. The zero-order valence-corrected chi connectivity index (χ0v) is 12.3. The number of hydrogen-bond donors (Lipinski definition) is 0. The minimum atomic E-state index is -4.30. The fraction of sp³-hybridized carbons (Fsp3) is 0.500. The molecular weight excluding hydrogens is 245 g/mol. The fourth-order valence-corrected chi connectivity index (χ4v) is 2.86. The normalized spacial score (nSPS) is 13.0. The van der Waals surface area contributed by atoms with Gasteiger partial charge in [-0.15, -0.1) is 0 Å². The molecule has 0 radical (unpaired) electrons. The van der Waals surface area contributed by atoms with E-state index in [4.69, 9.17) is 4.43 Å². The molecule has 1 nitrogen and oxygen atoms in total. The van der Waals surface area contributed by atoms with Crippen molar-refractivity contribution in [3.05, 3.63) is 35.4 Å². The van der Waals surface area contributed by atoms with Crippen LogP contribution in [0.2, 0.25) is 0 Å². The molecule has 0 atom stereocenters. The number of rotatable bonds is 4. The van der Waals surface area contributed by atoms with Crippen LogP contribution in [0.4, 0.5) is 13.2 Å². The zero-order valence-electron chi connectivity index (χ0n) is 10.3. The van der Waals surface area contributed by atoms with Gasteiger partial charge in [-0.2, -0.15) is 13.2 Å². The number of alkyl halides is 3. The quantitative estimate of drug-likeness (QED) is 0.758. The fourth-order valence-electron chi connectivity index (χ4n) is 2.04. The Labute approximate surface area is 103 Å². The predicted octanol–water partition coefficient (Wildman–Crippen LogP) is 3.02. The maximum Gasteiger partial charge on any atom is 0.416 e. The summed E-state index contributed by atoms with van der Waals surface area (Å²) in [6.07, 6.45) is -2.95. The first kappa shape index (κ1) is 14.2. The molecule has 0 amide bonds. The van der Waals surface area contributed by atoms with Gasteiger partial charge < -0.3 is 4.43 Å². The largest absolute Gasteiger partial charge is 0.418 e. The van der Waals surface area contributed by atoms with Crippen LogP contribution >= 0.6 is 0 Å². The van der Waals surface area contributed by atoms with Crippen LogP contribution in [0.3, 0.4) is 0 Å². The molecule has 0 aromatic heterocycles. The molecule has 0 unspecified atom stereocenters. The third-order valence-electron chi connectivity index (χ3n) is 3.25. The van der Waals surface area contributed by atoms with Crippen molar-refractivity contribution < 1.29 is 17.6 Å². The minimum Gasteiger partial charge on any atom is -0.418 e. The Morgan fingerprint density at radius 3 is 2.06 bits per heavy atom. The third-order valence-corrected chi connectivity index (χ3v) is 4.03. The standard InChI is InChI=1S/C12H17F3OSi/c1-3-11(4-2,16-17)9-6-5-7-10(8-9)12(13,14)15/h5-8H,3-4H2,1-2,17H3. The van der Waals surface area contributed by atoms with E-state index < -0.39 is 17.3 Å². The van der Waals surface area contributed by atoms with Crippen LogP contribution in [-0.4, -0.2) is 10.5 Å². The van der Waals surface area contributed by atoms with Crippen molar-refractivity contribution in [1.29, 1.82) is 0 Å². The Hall–Kier alpha value is -0.813. The van der Waals surface area contributed by atoms with Crippen molar-refractivity contribution >= 4 is 10.5 Å². The molecular formula is C12H17F3OSi. The Kier molecular flexibility index (Phi) is 4.38. The zero-order chi connectivity index (χ0) is 13.1. The molecule has 0 fully saturated rings. The van der Waals surface area contributed by atoms with E-state index in [1.807, 2.05) is 13.8 Å². The average Bonchev–Trinajstić information content (AvgIpc) is 2.31. The molecule has 0 N–H and O–H groups in total. The number of halogens is 3.